The first-order valence-electron chi connectivity index (χ1n) is 5.23. The van der Waals surface area contributed by atoms with Gasteiger partial charge in [-0.25, -0.2) is 9.80 Å². The fourth-order valence-electron chi connectivity index (χ4n) is 1.48. The van der Waals surface area contributed by atoms with Gasteiger partial charge in [0.25, 0.3) is 0 Å². The Morgan fingerprint density at radius 3 is 2.84 bits per heavy atom. The van der Waals surface area contributed by atoms with Gasteiger partial charge in [0.05, 0.1) is 18.3 Å². The molecule has 0 atom stereocenters. The van der Waals surface area contributed by atoms with Crippen LogP contribution in [0.25, 0.3) is 0 Å². The number of ether oxygens (including phenoxy) is 1. The quantitative estimate of drug-likeness (QED) is 0.638. The monoisotopic (exact) mass is 283 g/mol. The highest BCUT2D eigenvalue weighted by atomic mass is 35.5. The molecule has 1 aliphatic rings. The molecule has 0 bridgehead atoms. The molecule has 0 saturated carbocycles. The number of nitrogens with one attached hydrogen (secondary N) is 1. The third-order valence-electron chi connectivity index (χ3n) is 2.39. The number of benzene rings is 1. The zero-order valence-electron chi connectivity index (χ0n) is 9.88. The van der Waals surface area contributed by atoms with E-state index in [9.17, 15) is 14.7 Å². The Balaban J connectivity index is 2.22. The smallest absolute Gasteiger partial charge is 0.344 e. The number of carbonyl (C=O) groups excluding carboxylic acids is 2. The number of methoxy groups -OCH3 is 1. The predicted molar refractivity (Wildman–Crippen MR) is 67.5 cm³/mol. The number of imide groups is 1. The van der Waals surface area contributed by atoms with Crippen LogP contribution in [0.4, 0.5) is 4.79 Å². The van der Waals surface area contributed by atoms with Crippen molar-refractivity contribution < 1.29 is 19.4 Å². The normalized spacial score (nSPS) is 15.2. The first-order chi connectivity index (χ1) is 9.01. The lowest BCUT2D eigenvalue weighted by Gasteiger charge is -2.07. The van der Waals surface area contributed by atoms with E-state index in [-0.39, 0.29) is 23.1 Å². The lowest BCUT2D eigenvalue weighted by atomic mass is 10.2. The second kappa shape index (κ2) is 5.15. The van der Waals surface area contributed by atoms with Crippen LogP contribution in [0, 0.1) is 0 Å². The molecule has 1 aromatic carbocycles. The van der Waals surface area contributed by atoms with Crippen molar-refractivity contribution in [3.05, 3.63) is 22.7 Å². The van der Waals surface area contributed by atoms with E-state index in [0.29, 0.717) is 5.56 Å². The molecule has 7 nitrogen and oxygen atoms in total. The van der Waals surface area contributed by atoms with E-state index in [1.54, 1.807) is 0 Å². The second-order valence-electron chi connectivity index (χ2n) is 3.71. The summed E-state index contributed by atoms with van der Waals surface area (Å²) in [4.78, 5) is 22.2. The maximum absolute atomic E-state index is 11.2. The number of phenols is 1. The number of carbonyl (C=O) groups is 2. The molecule has 0 aliphatic carbocycles. The van der Waals surface area contributed by atoms with E-state index in [1.165, 1.54) is 25.5 Å². The van der Waals surface area contributed by atoms with Gasteiger partial charge in [0, 0.05) is 0 Å². The van der Waals surface area contributed by atoms with Crippen molar-refractivity contribution >= 4 is 29.8 Å². The number of hydrogen-bond donors (Lipinski definition) is 2. The Hall–Kier alpha value is -2.28. The molecule has 100 valence electrons. The fraction of sp³-hybridized carbons (Fsp3) is 0.182. The molecule has 1 aromatic rings. The highest BCUT2D eigenvalue weighted by molar-refractivity contribution is 6.32. The van der Waals surface area contributed by atoms with Crippen LogP contribution < -0.4 is 10.1 Å². The molecule has 1 heterocycles. The van der Waals surface area contributed by atoms with Gasteiger partial charge in [-0.1, -0.05) is 11.6 Å². The molecule has 0 aromatic heterocycles. The van der Waals surface area contributed by atoms with Crippen molar-refractivity contribution in [2.24, 2.45) is 5.10 Å². The van der Waals surface area contributed by atoms with Crippen molar-refractivity contribution in [2.75, 3.05) is 13.7 Å². The van der Waals surface area contributed by atoms with E-state index in [2.05, 4.69) is 10.4 Å². The van der Waals surface area contributed by atoms with E-state index >= 15 is 0 Å². The van der Waals surface area contributed by atoms with Gasteiger partial charge in [-0.3, -0.25) is 10.1 Å². The molecule has 0 spiro atoms. The fourth-order valence-corrected chi connectivity index (χ4v) is 1.70. The van der Waals surface area contributed by atoms with Crippen LogP contribution in [-0.4, -0.2) is 41.9 Å². The summed E-state index contributed by atoms with van der Waals surface area (Å²) in [7, 11) is 1.39. The summed E-state index contributed by atoms with van der Waals surface area (Å²) in [6, 6.07) is 2.37. The highest BCUT2D eigenvalue weighted by Crippen LogP contribution is 2.34. The van der Waals surface area contributed by atoms with Crippen molar-refractivity contribution in [3.8, 4) is 11.5 Å². The minimum Gasteiger partial charge on any atom is -0.503 e. The third-order valence-corrected chi connectivity index (χ3v) is 2.68. The number of hydrogen-bond acceptors (Lipinski definition) is 5. The molecule has 2 rings (SSSR count). The summed E-state index contributed by atoms with van der Waals surface area (Å²) < 4.78 is 4.93. The number of urea groups is 1. The van der Waals surface area contributed by atoms with Crippen molar-refractivity contribution in [2.45, 2.75) is 0 Å². The zero-order chi connectivity index (χ0) is 14.0. The van der Waals surface area contributed by atoms with Crippen LogP contribution in [0.1, 0.15) is 5.56 Å². The van der Waals surface area contributed by atoms with Gasteiger partial charge in [0.2, 0.25) is 5.91 Å². The van der Waals surface area contributed by atoms with E-state index in [4.69, 9.17) is 16.3 Å². The van der Waals surface area contributed by atoms with Crippen LogP contribution in [0.15, 0.2) is 17.2 Å². The maximum Gasteiger partial charge on any atom is 0.344 e. The SMILES string of the molecule is COc1cc(/C=N/N2CC(=O)NC2=O)cc(Cl)c1O. The average Bonchev–Trinajstić information content (AvgIpc) is 2.69. The molecule has 3 amide bonds. The lowest BCUT2D eigenvalue weighted by Crippen LogP contribution is -2.24. The summed E-state index contributed by atoms with van der Waals surface area (Å²) in [6.07, 6.45) is 1.34. The molecule has 0 radical (unpaired) electrons. The minimum atomic E-state index is -0.585. The van der Waals surface area contributed by atoms with Gasteiger partial charge < -0.3 is 9.84 Å². The number of amides is 3. The van der Waals surface area contributed by atoms with Gasteiger partial charge in [0.15, 0.2) is 11.5 Å². The number of nitrogens with zero attached hydrogens (tertiary/aromatic N) is 2. The number of rotatable bonds is 3. The molecule has 2 N–H and O–H groups in total. The Kier molecular flexibility index (Phi) is 3.57. The van der Waals surface area contributed by atoms with Crippen LogP contribution >= 0.6 is 11.6 Å². The average molecular weight is 284 g/mol. The van der Waals surface area contributed by atoms with Crippen LogP contribution in [0.3, 0.4) is 0 Å². The summed E-state index contributed by atoms with van der Waals surface area (Å²) in [6.45, 7) is -0.127. The molecule has 1 aliphatic heterocycles. The minimum absolute atomic E-state index is 0.0998. The molecule has 19 heavy (non-hydrogen) atoms. The van der Waals surface area contributed by atoms with Gasteiger partial charge in [-0.05, 0) is 17.7 Å². The van der Waals surface area contributed by atoms with Gasteiger partial charge in [-0.2, -0.15) is 5.10 Å². The van der Waals surface area contributed by atoms with Crippen molar-refractivity contribution in [1.82, 2.24) is 10.3 Å². The van der Waals surface area contributed by atoms with E-state index in [0.717, 1.165) is 5.01 Å². The van der Waals surface area contributed by atoms with Crippen molar-refractivity contribution in [3.63, 3.8) is 0 Å². The number of hydrazone groups is 1. The van der Waals surface area contributed by atoms with E-state index < -0.39 is 11.9 Å². The lowest BCUT2D eigenvalue weighted by molar-refractivity contribution is -0.118. The molecular formula is C11H10ClN3O4. The number of aromatic hydroxyl groups is 1. The largest absolute Gasteiger partial charge is 0.503 e. The highest BCUT2D eigenvalue weighted by Gasteiger charge is 2.25. The Bertz CT molecular complexity index is 573. The van der Waals surface area contributed by atoms with E-state index in [1.807, 2.05) is 0 Å². The van der Waals surface area contributed by atoms with Gasteiger partial charge in [-0.15, -0.1) is 0 Å². The Morgan fingerprint density at radius 2 is 2.26 bits per heavy atom. The summed E-state index contributed by atoms with van der Waals surface area (Å²) >= 11 is 5.81. The summed E-state index contributed by atoms with van der Waals surface area (Å²) in [5, 5.41) is 16.6. The second-order valence-corrected chi connectivity index (χ2v) is 4.12. The van der Waals surface area contributed by atoms with Gasteiger partial charge in [0.1, 0.15) is 6.54 Å². The number of halogens is 1. The topological polar surface area (TPSA) is 91.2 Å². The van der Waals surface area contributed by atoms with Gasteiger partial charge >= 0.3 is 6.03 Å². The number of phenolic OH excluding ortho intramolecular Hbond substituents is 1. The van der Waals surface area contributed by atoms with Crippen LogP contribution in [-0.2, 0) is 4.79 Å². The molecule has 1 saturated heterocycles. The standard InChI is InChI=1S/C11H10ClN3O4/c1-19-8-3-6(2-7(12)10(8)17)4-13-15-5-9(16)14-11(15)18/h2-4,17H,5H2,1H3,(H,14,16,18)/b13-4+. The Labute approximate surface area is 113 Å². The predicted octanol–water partition coefficient (Wildman–Crippen LogP) is 0.940. The maximum atomic E-state index is 11.2. The summed E-state index contributed by atoms with van der Waals surface area (Å²) in [5.41, 5.74) is 0.520. The molecular weight excluding hydrogens is 274 g/mol. The molecule has 1 fully saturated rings. The Morgan fingerprint density at radius 1 is 1.53 bits per heavy atom. The first kappa shape index (κ1) is 13.2. The van der Waals surface area contributed by atoms with Crippen LogP contribution in [0.2, 0.25) is 5.02 Å². The third kappa shape index (κ3) is 2.76. The molecule has 0 unspecified atom stereocenters. The zero-order valence-corrected chi connectivity index (χ0v) is 10.6. The van der Waals surface area contributed by atoms with Crippen LogP contribution in [0.5, 0.6) is 11.5 Å². The first-order valence-corrected chi connectivity index (χ1v) is 5.61. The van der Waals surface area contributed by atoms with Crippen molar-refractivity contribution in [1.29, 1.82) is 0 Å². The summed E-state index contributed by atoms with van der Waals surface area (Å²) in [5.74, 6) is -0.394. The molecule has 8 heteroatoms.